The SMILES string of the molecule is CCCCCCCCCC(=O)OCC(COP(=O)([O-])OCC[N+](C)(C)C)OC(=O)CCC(=O)O[C@H]1CC[C@@]2(C)C(=CC[C@H]3[C@@H]4CC[C@H]([C@H](C)CCCC(C)C)[C@@]4(C)CC[C@@H]32)C1. The van der Waals surface area contributed by atoms with Crippen molar-refractivity contribution in [3.8, 4) is 0 Å². The first-order chi connectivity index (χ1) is 28.8. The number of hydrogen-bond acceptors (Lipinski definition) is 10. The van der Waals surface area contributed by atoms with E-state index in [1.165, 1.54) is 69.8 Å². The van der Waals surface area contributed by atoms with E-state index in [1.54, 1.807) is 0 Å². The van der Waals surface area contributed by atoms with E-state index in [1.807, 2.05) is 21.1 Å². The molecule has 0 saturated heterocycles. The van der Waals surface area contributed by atoms with Crippen LogP contribution in [0, 0.1) is 46.3 Å². The monoisotopic (exact) mass is 880 g/mol. The van der Waals surface area contributed by atoms with Crippen molar-refractivity contribution in [3.63, 3.8) is 0 Å². The second-order valence-corrected chi connectivity index (χ2v) is 22.8. The first-order valence-corrected chi connectivity index (χ1v) is 25.9. The first kappa shape index (κ1) is 51.9. The van der Waals surface area contributed by atoms with Gasteiger partial charge < -0.3 is 32.6 Å². The number of allylic oxidation sites excluding steroid dienone is 1. The molecule has 0 radical (unpaired) electrons. The second kappa shape index (κ2) is 23.9. The Morgan fingerprint density at radius 1 is 0.820 bits per heavy atom. The zero-order chi connectivity index (χ0) is 44.8. The largest absolute Gasteiger partial charge is 0.756 e. The molecule has 0 aromatic carbocycles. The fraction of sp³-hybridized carbons (Fsp3) is 0.898. The topological polar surface area (TPSA) is 137 Å². The van der Waals surface area contributed by atoms with Crippen molar-refractivity contribution in [1.29, 1.82) is 0 Å². The predicted octanol–water partition coefficient (Wildman–Crippen LogP) is 10.5. The minimum absolute atomic E-state index is 0.0819. The Kier molecular flexibility index (Phi) is 20.4. The Hall–Kier alpha value is -1.78. The van der Waals surface area contributed by atoms with Crippen LogP contribution < -0.4 is 4.89 Å². The van der Waals surface area contributed by atoms with Crippen LogP contribution in [0.1, 0.15) is 176 Å². The number of esters is 3. The summed E-state index contributed by atoms with van der Waals surface area (Å²) in [6, 6.07) is 0. The predicted molar refractivity (Wildman–Crippen MR) is 238 cm³/mol. The first-order valence-electron chi connectivity index (χ1n) is 24.4. The van der Waals surface area contributed by atoms with Crippen molar-refractivity contribution in [2.45, 2.75) is 189 Å². The summed E-state index contributed by atoms with van der Waals surface area (Å²) in [5.74, 6) is 2.94. The molecular weight excluding hydrogens is 794 g/mol. The summed E-state index contributed by atoms with van der Waals surface area (Å²) in [5.41, 5.74) is 2.02. The lowest BCUT2D eigenvalue weighted by atomic mass is 9.47. The van der Waals surface area contributed by atoms with E-state index in [4.69, 9.17) is 23.3 Å². The van der Waals surface area contributed by atoms with Crippen molar-refractivity contribution >= 4 is 25.7 Å². The quantitative estimate of drug-likeness (QED) is 0.0196. The number of hydrogen-bond donors (Lipinski definition) is 0. The number of carbonyl (C=O) groups is 3. The molecule has 0 bridgehead atoms. The molecule has 0 aromatic rings. The van der Waals surface area contributed by atoms with E-state index in [9.17, 15) is 23.8 Å². The number of nitrogens with zero attached hydrogens (tertiary/aromatic N) is 1. The standard InChI is InChI=1S/C49H86NO10P/c1-10-11-12-13-14-15-16-20-45(51)56-34-40(35-58-61(54,55)57-32-31-50(7,8)9)60-47(53)26-25-46(52)59-39-27-29-48(5)38(33-39)21-22-41-43-24-23-42(37(4)19-17-18-36(2)3)49(43,6)30-28-44(41)48/h21,36-37,39-44H,10-20,22-35H2,1-9H3/t37-,39+,40?,41+,42-,43+,44+,48+,49-/m1/s1. The highest BCUT2D eigenvalue weighted by Crippen LogP contribution is 2.67. The minimum atomic E-state index is -4.72. The summed E-state index contributed by atoms with van der Waals surface area (Å²) < 4.78 is 39.9. The summed E-state index contributed by atoms with van der Waals surface area (Å²) in [5, 5.41) is 0. The fourth-order valence-corrected chi connectivity index (χ4v) is 12.4. The molecule has 10 atom stereocenters. The normalized spacial score (nSPS) is 29.4. The van der Waals surface area contributed by atoms with Gasteiger partial charge in [0.15, 0.2) is 6.10 Å². The molecule has 2 unspecified atom stereocenters. The smallest absolute Gasteiger partial charge is 0.306 e. The Labute approximate surface area is 370 Å². The molecule has 4 aliphatic rings. The molecule has 4 aliphatic carbocycles. The molecule has 0 aromatic heterocycles. The van der Waals surface area contributed by atoms with Gasteiger partial charge in [0.1, 0.15) is 25.9 Å². The number of likely N-dealkylation sites (N-methyl/N-ethyl adjacent to an activating group) is 1. The van der Waals surface area contributed by atoms with Gasteiger partial charge in [-0.1, -0.05) is 111 Å². The van der Waals surface area contributed by atoms with Gasteiger partial charge in [0, 0.05) is 12.8 Å². The number of quaternary nitrogens is 1. The van der Waals surface area contributed by atoms with Gasteiger partial charge in [-0.15, -0.1) is 0 Å². The number of fused-ring (bicyclic) bond motifs is 5. The van der Waals surface area contributed by atoms with Crippen molar-refractivity contribution in [2.24, 2.45) is 46.3 Å². The molecule has 11 nitrogen and oxygen atoms in total. The molecule has 0 aliphatic heterocycles. The van der Waals surface area contributed by atoms with Gasteiger partial charge in [0.05, 0.1) is 40.6 Å². The summed E-state index contributed by atoms with van der Waals surface area (Å²) in [4.78, 5) is 51.1. The van der Waals surface area contributed by atoms with Crippen molar-refractivity contribution < 1.29 is 51.6 Å². The van der Waals surface area contributed by atoms with Crippen LogP contribution in [0.3, 0.4) is 0 Å². The van der Waals surface area contributed by atoms with E-state index >= 15 is 0 Å². The molecule has 12 heteroatoms. The van der Waals surface area contributed by atoms with Crippen LogP contribution in [0.25, 0.3) is 0 Å². The van der Waals surface area contributed by atoms with Gasteiger partial charge >= 0.3 is 17.9 Å². The Balaban J connectivity index is 1.25. The summed E-state index contributed by atoms with van der Waals surface area (Å²) >= 11 is 0. The van der Waals surface area contributed by atoms with E-state index in [2.05, 4.69) is 47.6 Å². The van der Waals surface area contributed by atoms with E-state index in [-0.39, 0.29) is 44.0 Å². The molecule has 0 amide bonds. The van der Waals surface area contributed by atoms with Crippen LogP contribution in [0.15, 0.2) is 11.6 Å². The number of ether oxygens (including phenoxy) is 3. The average molecular weight is 880 g/mol. The zero-order valence-electron chi connectivity index (χ0n) is 39.9. The third-order valence-electron chi connectivity index (χ3n) is 15.2. The molecule has 0 N–H and O–H groups in total. The number of unbranched alkanes of at least 4 members (excludes halogenated alkanes) is 6. The highest BCUT2D eigenvalue weighted by atomic mass is 31.2. The van der Waals surface area contributed by atoms with Gasteiger partial charge in [-0.05, 0) is 97.7 Å². The summed E-state index contributed by atoms with van der Waals surface area (Å²) in [6.07, 6.45) is 21.3. The van der Waals surface area contributed by atoms with Crippen LogP contribution in [-0.4, -0.2) is 82.1 Å². The lowest BCUT2D eigenvalue weighted by molar-refractivity contribution is -0.870. The highest BCUT2D eigenvalue weighted by Gasteiger charge is 2.59. The zero-order valence-corrected chi connectivity index (χ0v) is 40.7. The van der Waals surface area contributed by atoms with Crippen molar-refractivity contribution in [2.75, 3.05) is 47.5 Å². The molecule has 3 fully saturated rings. The lowest BCUT2D eigenvalue weighted by Gasteiger charge is -2.58. The Morgan fingerprint density at radius 2 is 1.52 bits per heavy atom. The van der Waals surface area contributed by atoms with E-state index in [0.29, 0.717) is 28.8 Å². The number of rotatable bonds is 27. The molecule has 4 rings (SSSR count). The lowest BCUT2D eigenvalue weighted by Crippen LogP contribution is -2.51. The molecule has 61 heavy (non-hydrogen) atoms. The van der Waals surface area contributed by atoms with Gasteiger partial charge in [0.25, 0.3) is 7.82 Å². The Morgan fingerprint density at radius 3 is 2.23 bits per heavy atom. The molecular formula is C49H86NO10P. The van der Waals surface area contributed by atoms with E-state index < -0.39 is 38.4 Å². The maximum atomic E-state index is 13.1. The number of phosphoric acid groups is 1. The third-order valence-corrected chi connectivity index (χ3v) is 16.2. The van der Waals surface area contributed by atoms with Gasteiger partial charge in [-0.25, -0.2) is 0 Å². The molecule has 352 valence electrons. The second-order valence-electron chi connectivity index (χ2n) is 21.4. The van der Waals surface area contributed by atoms with Crippen molar-refractivity contribution in [3.05, 3.63) is 11.6 Å². The molecule has 0 spiro atoms. The Bertz CT molecular complexity index is 1480. The van der Waals surface area contributed by atoms with Gasteiger partial charge in [-0.2, -0.15) is 0 Å². The molecule has 3 saturated carbocycles. The number of carbonyl (C=O) groups excluding carboxylic acids is 3. The van der Waals surface area contributed by atoms with E-state index in [0.717, 1.165) is 74.5 Å². The fourth-order valence-electron chi connectivity index (χ4n) is 11.7. The van der Waals surface area contributed by atoms with Crippen LogP contribution in [0.4, 0.5) is 0 Å². The third kappa shape index (κ3) is 16.0. The van der Waals surface area contributed by atoms with Crippen LogP contribution >= 0.6 is 7.82 Å². The summed E-state index contributed by atoms with van der Waals surface area (Å²) in [7, 11) is 0.996. The maximum absolute atomic E-state index is 13.1. The van der Waals surface area contributed by atoms with Crippen molar-refractivity contribution in [1.82, 2.24) is 0 Å². The highest BCUT2D eigenvalue weighted by molar-refractivity contribution is 7.45. The van der Waals surface area contributed by atoms with Crippen LogP contribution in [0.5, 0.6) is 0 Å². The number of phosphoric ester groups is 1. The van der Waals surface area contributed by atoms with Gasteiger partial charge in [0.2, 0.25) is 0 Å². The van der Waals surface area contributed by atoms with Gasteiger partial charge in [-0.3, -0.25) is 18.9 Å². The van der Waals surface area contributed by atoms with Crippen LogP contribution in [-0.2, 0) is 42.2 Å². The van der Waals surface area contributed by atoms with Crippen LogP contribution in [0.2, 0.25) is 0 Å². The maximum Gasteiger partial charge on any atom is 0.306 e. The molecule has 0 heterocycles. The minimum Gasteiger partial charge on any atom is -0.756 e. The average Bonchev–Trinajstić information content (AvgIpc) is 3.54. The summed E-state index contributed by atoms with van der Waals surface area (Å²) in [6.45, 7) is 13.9.